The zero-order valence-electron chi connectivity index (χ0n) is 13.4. The third-order valence-corrected chi connectivity index (χ3v) is 6.99. The van der Waals surface area contributed by atoms with Crippen LogP contribution in [0.2, 0.25) is 0 Å². The molecule has 0 aromatic carbocycles. The molecule has 3 fully saturated rings. The quantitative estimate of drug-likeness (QED) is 0.716. The van der Waals surface area contributed by atoms with Gasteiger partial charge in [0.25, 0.3) is 0 Å². The van der Waals surface area contributed by atoms with Gasteiger partial charge in [0.1, 0.15) is 0 Å². The average Bonchev–Trinajstić information content (AvgIpc) is 3.37. The van der Waals surface area contributed by atoms with Crippen molar-refractivity contribution in [2.24, 2.45) is 11.8 Å². The standard InChI is InChI=1S/C16H29NO4S/c18-22(19,11-7-14-5-9-20-10-6-14)17-8-1-2-16(12-17)21-13-15-3-4-15/h14-16H,1-13H2. The maximum atomic E-state index is 12.6. The van der Waals surface area contributed by atoms with E-state index < -0.39 is 10.0 Å². The summed E-state index contributed by atoms with van der Waals surface area (Å²) in [5.74, 6) is 1.53. The van der Waals surface area contributed by atoms with Gasteiger partial charge in [-0.2, -0.15) is 4.31 Å². The molecule has 128 valence electrons. The second kappa shape index (κ2) is 7.60. The summed E-state index contributed by atoms with van der Waals surface area (Å²) in [4.78, 5) is 0. The van der Waals surface area contributed by atoms with Gasteiger partial charge >= 0.3 is 0 Å². The van der Waals surface area contributed by atoms with Crippen molar-refractivity contribution in [1.82, 2.24) is 4.31 Å². The number of hydrogen-bond acceptors (Lipinski definition) is 4. The second-order valence-electron chi connectivity index (χ2n) is 7.06. The number of piperidine rings is 1. The van der Waals surface area contributed by atoms with Gasteiger partial charge in [-0.3, -0.25) is 0 Å². The van der Waals surface area contributed by atoms with Crippen LogP contribution in [0.25, 0.3) is 0 Å². The lowest BCUT2D eigenvalue weighted by Gasteiger charge is -2.32. The topological polar surface area (TPSA) is 55.8 Å². The molecule has 0 amide bonds. The number of nitrogens with zero attached hydrogens (tertiary/aromatic N) is 1. The molecule has 5 nitrogen and oxygen atoms in total. The van der Waals surface area contributed by atoms with Gasteiger partial charge in [-0.05, 0) is 56.8 Å². The summed E-state index contributed by atoms with van der Waals surface area (Å²) in [6, 6.07) is 0. The zero-order valence-corrected chi connectivity index (χ0v) is 14.2. The van der Waals surface area contributed by atoms with Crippen LogP contribution < -0.4 is 0 Å². The summed E-state index contributed by atoms with van der Waals surface area (Å²) < 4.78 is 38.0. The molecule has 6 heteroatoms. The van der Waals surface area contributed by atoms with Crippen molar-refractivity contribution in [2.75, 3.05) is 38.7 Å². The van der Waals surface area contributed by atoms with Gasteiger partial charge in [-0.1, -0.05) is 0 Å². The molecular formula is C16H29NO4S. The zero-order chi connectivity index (χ0) is 15.4. The lowest BCUT2D eigenvalue weighted by Crippen LogP contribution is -2.44. The first-order chi connectivity index (χ1) is 10.6. The molecule has 1 saturated carbocycles. The molecule has 22 heavy (non-hydrogen) atoms. The normalized spacial score (nSPS) is 28.8. The monoisotopic (exact) mass is 331 g/mol. The first-order valence-corrected chi connectivity index (χ1v) is 10.4. The molecule has 2 saturated heterocycles. The Kier molecular flexibility index (Phi) is 5.76. The van der Waals surface area contributed by atoms with E-state index in [0.717, 1.165) is 57.8 Å². The fraction of sp³-hybridized carbons (Fsp3) is 1.00. The molecule has 0 bridgehead atoms. The second-order valence-corrected chi connectivity index (χ2v) is 9.15. The molecule has 1 atom stereocenters. The van der Waals surface area contributed by atoms with E-state index in [4.69, 9.17) is 9.47 Å². The predicted octanol–water partition coefficient (Wildman–Crippen LogP) is 2.02. The van der Waals surface area contributed by atoms with Crippen LogP contribution in [0, 0.1) is 11.8 Å². The fourth-order valence-electron chi connectivity index (χ4n) is 3.33. The van der Waals surface area contributed by atoms with Crippen LogP contribution in [-0.4, -0.2) is 57.5 Å². The number of ether oxygens (including phenoxy) is 2. The van der Waals surface area contributed by atoms with Gasteiger partial charge in [0.2, 0.25) is 10.0 Å². The Balaban J connectivity index is 1.45. The Labute approximate surface area is 134 Å². The number of sulfonamides is 1. The molecule has 2 heterocycles. The summed E-state index contributed by atoms with van der Waals surface area (Å²) in [5.41, 5.74) is 0. The molecule has 0 spiro atoms. The third-order valence-electron chi connectivity index (χ3n) is 5.12. The largest absolute Gasteiger partial charge is 0.381 e. The first kappa shape index (κ1) is 16.7. The van der Waals surface area contributed by atoms with E-state index >= 15 is 0 Å². The van der Waals surface area contributed by atoms with Crippen molar-refractivity contribution in [3.63, 3.8) is 0 Å². The van der Waals surface area contributed by atoms with Crippen molar-refractivity contribution in [3.8, 4) is 0 Å². The molecular weight excluding hydrogens is 302 g/mol. The van der Waals surface area contributed by atoms with Crippen molar-refractivity contribution in [2.45, 2.75) is 51.0 Å². The van der Waals surface area contributed by atoms with E-state index in [1.54, 1.807) is 4.31 Å². The van der Waals surface area contributed by atoms with Crippen LogP contribution in [0.5, 0.6) is 0 Å². The smallest absolute Gasteiger partial charge is 0.214 e. The summed E-state index contributed by atoms with van der Waals surface area (Å²) in [7, 11) is -3.13. The van der Waals surface area contributed by atoms with Crippen LogP contribution in [0.4, 0.5) is 0 Å². The van der Waals surface area contributed by atoms with Crippen molar-refractivity contribution >= 4 is 10.0 Å². The van der Waals surface area contributed by atoms with E-state index in [2.05, 4.69) is 0 Å². The minimum atomic E-state index is -3.13. The highest BCUT2D eigenvalue weighted by atomic mass is 32.2. The lowest BCUT2D eigenvalue weighted by molar-refractivity contribution is 0.0132. The fourth-order valence-corrected chi connectivity index (χ4v) is 5.02. The van der Waals surface area contributed by atoms with Gasteiger partial charge in [0, 0.05) is 32.9 Å². The van der Waals surface area contributed by atoms with Crippen LogP contribution >= 0.6 is 0 Å². The number of rotatable bonds is 7. The van der Waals surface area contributed by atoms with Crippen molar-refractivity contribution in [3.05, 3.63) is 0 Å². The van der Waals surface area contributed by atoms with Crippen molar-refractivity contribution in [1.29, 1.82) is 0 Å². The van der Waals surface area contributed by atoms with Gasteiger partial charge in [0.15, 0.2) is 0 Å². The van der Waals surface area contributed by atoms with E-state index in [9.17, 15) is 8.42 Å². The van der Waals surface area contributed by atoms with Gasteiger partial charge < -0.3 is 9.47 Å². The minimum absolute atomic E-state index is 0.104. The van der Waals surface area contributed by atoms with Gasteiger partial charge in [-0.25, -0.2) is 8.42 Å². The number of hydrogen-bond donors (Lipinski definition) is 0. The maximum absolute atomic E-state index is 12.6. The lowest BCUT2D eigenvalue weighted by atomic mass is 9.98. The molecule has 3 aliphatic rings. The maximum Gasteiger partial charge on any atom is 0.214 e. The predicted molar refractivity (Wildman–Crippen MR) is 85.2 cm³/mol. The van der Waals surface area contributed by atoms with E-state index in [-0.39, 0.29) is 11.9 Å². The van der Waals surface area contributed by atoms with Crippen LogP contribution in [-0.2, 0) is 19.5 Å². The Hall–Kier alpha value is -0.170. The van der Waals surface area contributed by atoms with E-state index in [1.807, 2.05) is 0 Å². The molecule has 1 aliphatic carbocycles. The van der Waals surface area contributed by atoms with Crippen LogP contribution in [0.15, 0.2) is 0 Å². The Morgan fingerprint density at radius 1 is 1.05 bits per heavy atom. The minimum Gasteiger partial charge on any atom is -0.381 e. The Morgan fingerprint density at radius 2 is 1.82 bits per heavy atom. The molecule has 0 N–H and O–H groups in total. The highest BCUT2D eigenvalue weighted by Gasteiger charge is 2.31. The van der Waals surface area contributed by atoms with Crippen LogP contribution in [0.3, 0.4) is 0 Å². The summed E-state index contributed by atoms with van der Waals surface area (Å²) in [5, 5.41) is 0. The highest BCUT2D eigenvalue weighted by Crippen LogP contribution is 2.30. The molecule has 1 unspecified atom stereocenters. The average molecular weight is 331 g/mol. The first-order valence-electron chi connectivity index (χ1n) is 8.80. The Bertz CT molecular complexity index is 443. The van der Waals surface area contributed by atoms with Gasteiger partial charge in [0.05, 0.1) is 11.9 Å². The summed E-state index contributed by atoms with van der Waals surface area (Å²) >= 11 is 0. The summed E-state index contributed by atoms with van der Waals surface area (Å²) in [6.07, 6.45) is 7.36. The highest BCUT2D eigenvalue weighted by molar-refractivity contribution is 7.89. The Morgan fingerprint density at radius 3 is 2.55 bits per heavy atom. The molecule has 2 aliphatic heterocycles. The SMILES string of the molecule is O=S(=O)(CCC1CCOCC1)N1CCCC(OCC2CC2)C1. The van der Waals surface area contributed by atoms with E-state index in [0.29, 0.717) is 19.0 Å². The molecule has 0 aromatic rings. The van der Waals surface area contributed by atoms with Gasteiger partial charge in [-0.15, -0.1) is 0 Å². The van der Waals surface area contributed by atoms with E-state index in [1.165, 1.54) is 12.8 Å². The van der Waals surface area contributed by atoms with Crippen molar-refractivity contribution < 1.29 is 17.9 Å². The molecule has 3 rings (SSSR count). The summed E-state index contributed by atoms with van der Waals surface area (Å²) in [6.45, 7) is 3.61. The third kappa shape index (κ3) is 4.91. The molecule has 0 radical (unpaired) electrons. The van der Waals surface area contributed by atoms with Crippen LogP contribution in [0.1, 0.15) is 44.9 Å². The molecule has 0 aromatic heterocycles.